The van der Waals surface area contributed by atoms with E-state index in [2.05, 4.69) is 17.1 Å². The lowest BCUT2D eigenvalue weighted by Gasteiger charge is -2.61. The molecule has 0 spiro atoms. The molecule has 4 aliphatic carbocycles. The standard InChI is InChI=1S/C27H38N4O2/c1-25(33)12-9-18-17(15-25)7-8-20-19(18)10-13-26(2)21(11-14-27(20,26)28)24(32)16-31-29-22-5-3-4-6-23(22)30-31/h3-6,17-21,33H,7-16,28H2,1-2H3/t17-,18-,19+,20+,21+,25+,26+,27+/m0/s1. The summed E-state index contributed by atoms with van der Waals surface area (Å²) < 4.78 is 0. The highest BCUT2D eigenvalue weighted by Gasteiger charge is 2.65. The zero-order valence-electron chi connectivity index (χ0n) is 20.0. The summed E-state index contributed by atoms with van der Waals surface area (Å²) >= 11 is 0. The second-order valence-corrected chi connectivity index (χ2v) is 12.3. The van der Waals surface area contributed by atoms with Crippen LogP contribution in [-0.2, 0) is 11.3 Å². The molecule has 0 saturated heterocycles. The Bertz CT molecular complexity index is 1050. The van der Waals surface area contributed by atoms with E-state index in [4.69, 9.17) is 5.73 Å². The Labute approximate surface area is 196 Å². The molecular weight excluding hydrogens is 412 g/mol. The van der Waals surface area contributed by atoms with Crippen molar-refractivity contribution in [3.05, 3.63) is 24.3 Å². The van der Waals surface area contributed by atoms with Crippen molar-refractivity contribution in [2.75, 3.05) is 0 Å². The number of Topliss-reactive ketones (excluding diaryl/α,β-unsaturated/α-hetero) is 1. The minimum Gasteiger partial charge on any atom is -0.390 e. The molecule has 8 atom stereocenters. The van der Waals surface area contributed by atoms with Crippen LogP contribution in [0.15, 0.2) is 24.3 Å². The van der Waals surface area contributed by atoms with Gasteiger partial charge >= 0.3 is 0 Å². The van der Waals surface area contributed by atoms with E-state index in [0.717, 1.165) is 56.0 Å². The van der Waals surface area contributed by atoms with Crippen LogP contribution in [0.3, 0.4) is 0 Å². The molecule has 0 aliphatic heterocycles. The third-order valence-corrected chi connectivity index (χ3v) is 10.6. The van der Waals surface area contributed by atoms with E-state index in [1.54, 1.807) is 4.80 Å². The van der Waals surface area contributed by atoms with E-state index in [-0.39, 0.29) is 29.2 Å². The molecule has 0 radical (unpaired) electrons. The van der Waals surface area contributed by atoms with E-state index < -0.39 is 5.60 Å². The molecule has 6 rings (SSSR count). The quantitative estimate of drug-likeness (QED) is 0.734. The lowest BCUT2D eigenvalue weighted by Crippen LogP contribution is -2.65. The Morgan fingerprint density at radius 2 is 1.73 bits per heavy atom. The molecule has 1 aromatic carbocycles. The third kappa shape index (κ3) is 3.23. The van der Waals surface area contributed by atoms with Gasteiger partial charge in [0.2, 0.25) is 0 Å². The molecule has 0 bridgehead atoms. The molecule has 178 valence electrons. The van der Waals surface area contributed by atoms with Crippen molar-refractivity contribution in [2.45, 2.75) is 89.3 Å². The van der Waals surface area contributed by atoms with Crippen molar-refractivity contribution in [1.82, 2.24) is 15.0 Å². The van der Waals surface area contributed by atoms with Gasteiger partial charge in [0.15, 0.2) is 5.78 Å². The highest BCUT2D eigenvalue weighted by atomic mass is 16.3. The summed E-state index contributed by atoms with van der Waals surface area (Å²) in [5.74, 6) is 2.73. The first-order valence-electron chi connectivity index (χ1n) is 13.0. The van der Waals surface area contributed by atoms with Gasteiger partial charge in [0, 0.05) is 11.5 Å². The van der Waals surface area contributed by atoms with Gasteiger partial charge in [-0.2, -0.15) is 15.0 Å². The molecule has 33 heavy (non-hydrogen) atoms. The first-order valence-corrected chi connectivity index (χ1v) is 13.0. The summed E-state index contributed by atoms with van der Waals surface area (Å²) in [6.45, 7) is 4.56. The molecule has 0 unspecified atom stereocenters. The predicted octanol–water partition coefficient (Wildman–Crippen LogP) is 4.10. The first-order chi connectivity index (χ1) is 15.7. The van der Waals surface area contributed by atoms with E-state index in [9.17, 15) is 9.90 Å². The second kappa shape index (κ2) is 7.35. The molecule has 1 heterocycles. The van der Waals surface area contributed by atoms with Crippen molar-refractivity contribution in [2.24, 2.45) is 40.7 Å². The van der Waals surface area contributed by atoms with E-state index in [1.807, 2.05) is 31.2 Å². The van der Waals surface area contributed by atoms with Gasteiger partial charge in [0.05, 0.1) is 5.60 Å². The molecule has 6 heteroatoms. The van der Waals surface area contributed by atoms with Crippen LogP contribution in [0.5, 0.6) is 0 Å². The number of rotatable bonds is 3. The maximum atomic E-state index is 13.6. The summed E-state index contributed by atoms with van der Waals surface area (Å²) in [5, 5.41) is 19.7. The molecule has 4 fully saturated rings. The largest absolute Gasteiger partial charge is 0.390 e. The molecule has 6 nitrogen and oxygen atoms in total. The number of ketones is 1. The fourth-order valence-corrected chi connectivity index (χ4v) is 8.91. The van der Waals surface area contributed by atoms with Gasteiger partial charge in [0.1, 0.15) is 17.6 Å². The van der Waals surface area contributed by atoms with E-state index in [0.29, 0.717) is 23.7 Å². The van der Waals surface area contributed by atoms with Crippen LogP contribution in [0.4, 0.5) is 0 Å². The van der Waals surface area contributed by atoms with Crippen LogP contribution < -0.4 is 5.73 Å². The van der Waals surface area contributed by atoms with Crippen molar-refractivity contribution in [3.8, 4) is 0 Å². The first kappa shape index (κ1) is 21.7. The number of fused-ring (bicyclic) bond motifs is 6. The number of nitrogens with zero attached hydrogens (tertiary/aromatic N) is 3. The number of benzene rings is 1. The van der Waals surface area contributed by atoms with Crippen LogP contribution in [0.2, 0.25) is 0 Å². The van der Waals surface area contributed by atoms with Crippen molar-refractivity contribution in [1.29, 1.82) is 0 Å². The minimum absolute atomic E-state index is 0.0117. The maximum Gasteiger partial charge on any atom is 0.159 e. The molecule has 1 aromatic heterocycles. The van der Waals surface area contributed by atoms with Crippen LogP contribution in [0.1, 0.15) is 71.6 Å². The Morgan fingerprint density at radius 1 is 1.03 bits per heavy atom. The second-order valence-electron chi connectivity index (χ2n) is 12.3. The molecule has 0 amide bonds. The zero-order chi connectivity index (χ0) is 23.0. The highest BCUT2D eigenvalue weighted by molar-refractivity contribution is 5.82. The van der Waals surface area contributed by atoms with Gasteiger partial charge in [-0.3, -0.25) is 4.79 Å². The number of carbonyl (C=O) groups is 1. The molecular formula is C27H38N4O2. The Morgan fingerprint density at radius 3 is 2.45 bits per heavy atom. The molecule has 2 aromatic rings. The summed E-state index contributed by atoms with van der Waals surface area (Å²) in [6, 6.07) is 7.77. The van der Waals surface area contributed by atoms with Crippen LogP contribution in [0.25, 0.3) is 11.0 Å². The number of aromatic nitrogens is 3. The van der Waals surface area contributed by atoms with Crippen molar-refractivity contribution >= 4 is 16.8 Å². The average Bonchev–Trinajstić information content (AvgIpc) is 3.30. The number of hydrogen-bond acceptors (Lipinski definition) is 5. The normalized spacial score (nSPS) is 44.8. The average molecular weight is 451 g/mol. The summed E-state index contributed by atoms with van der Waals surface area (Å²) in [4.78, 5) is 15.2. The topological polar surface area (TPSA) is 94.0 Å². The maximum absolute atomic E-state index is 13.6. The number of aliphatic hydroxyl groups is 1. The number of carbonyl (C=O) groups excluding carboxylic acids is 1. The van der Waals surface area contributed by atoms with Crippen molar-refractivity contribution < 1.29 is 9.90 Å². The van der Waals surface area contributed by atoms with Crippen LogP contribution >= 0.6 is 0 Å². The van der Waals surface area contributed by atoms with Gasteiger partial charge in [0.25, 0.3) is 0 Å². The van der Waals surface area contributed by atoms with Gasteiger partial charge in [-0.1, -0.05) is 19.1 Å². The van der Waals surface area contributed by atoms with Crippen molar-refractivity contribution in [3.63, 3.8) is 0 Å². The Balaban J connectivity index is 1.22. The van der Waals surface area contributed by atoms with Crippen LogP contribution in [-0.4, -0.2) is 37.0 Å². The monoisotopic (exact) mass is 450 g/mol. The molecule has 4 aliphatic rings. The highest BCUT2D eigenvalue weighted by Crippen LogP contribution is 2.65. The predicted molar refractivity (Wildman–Crippen MR) is 127 cm³/mol. The smallest absolute Gasteiger partial charge is 0.159 e. The van der Waals surface area contributed by atoms with Gasteiger partial charge in [-0.15, -0.1) is 0 Å². The number of hydrogen-bond donors (Lipinski definition) is 2. The third-order valence-electron chi connectivity index (χ3n) is 10.6. The zero-order valence-corrected chi connectivity index (χ0v) is 20.0. The van der Waals surface area contributed by atoms with Crippen LogP contribution in [0, 0.1) is 35.0 Å². The Kier molecular flexibility index (Phi) is 4.84. The Hall–Kier alpha value is -1.79. The van der Waals surface area contributed by atoms with E-state index in [1.165, 1.54) is 12.8 Å². The number of nitrogens with two attached hydrogens (primary N) is 1. The lowest BCUT2D eigenvalue weighted by atomic mass is 9.46. The lowest BCUT2D eigenvalue weighted by molar-refractivity contribution is -0.135. The fraction of sp³-hybridized carbons (Fsp3) is 0.741. The van der Waals surface area contributed by atoms with Gasteiger partial charge < -0.3 is 10.8 Å². The minimum atomic E-state index is -0.492. The molecule has 3 N–H and O–H groups in total. The fourth-order valence-electron chi connectivity index (χ4n) is 8.91. The molecule has 4 saturated carbocycles. The van der Waals surface area contributed by atoms with E-state index >= 15 is 0 Å². The van der Waals surface area contributed by atoms with Gasteiger partial charge in [-0.25, -0.2) is 0 Å². The summed E-state index contributed by atoms with van der Waals surface area (Å²) in [7, 11) is 0. The van der Waals surface area contributed by atoms with Gasteiger partial charge in [-0.05, 0) is 106 Å². The summed E-state index contributed by atoms with van der Waals surface area (Å²) in [5.41, 5.74) is 8.14. The summed E-state index contributed by atoms with van der Waals surface area (Å²) in [6.07, 6.45) is 9.38. The SMILES string of the molecule is C[C@@]1(O)CC[C@H]2[C@@H](CC[C@@H]3[C@@H]2CC[C@]2(C)[C@@H](C(=O)Cn4nc5ccccc5n4)CC[C@@]32N)C1.